The Balaban J connectivity index is 1.65. The zero-order valence-corrected chi connectivity index (χ0v) is 13.7. The summed E-state index contributed by atoms with van der Waals surface area (Å²) >= 11 is 2.08. The summed E-state index contributed by atoms with van der Waals surface area (Å²) in [4.78, 5) is 4.12. The largest absolute Gasteiger partial charge is 0.375 e. The molecule has 4 heteroatoms. The second-order valence-electron chi connectivity index (χ2n) is 6.35. The summed E-state index contributed by atoms with van der Waals surface area (Å²) in [6, 6.07) is 4.82. The maximum atomic E-state index is 6.23. The van der Waals surface area contributed by atoms with Gasteiger partial charge in [-0.3, -0.25) is 4.98 Å². The molecule has 2 saturated heterocycles. The summed E-state index contributed by atoms with van der Waals surface area (Å²) in [5.74, 6) is 3.25. The zero-order valence-electron chi connectivity index (χ0n) is 12.9. The van der Waals surface area contributed by atoms with E-state index in [0.717, 1.165) is 18.9 Å². The number of nitrogens with zero attached hydrogens (tertiary/aromatic N) is 1. The summed E-state index contributed by atoms with van der Waals surface area (Å²) < 4.78 is 6.23. The number of rotatable bonds is 4. The topological polar surface area (TPSA) is 34.2 Å². The first-order valence-corrected chi connectivity index (χ1v) is 9.25. The van der Waals surface area contributed by atoms with Gasteiger partial charge in [0.05, 0.1) is 5.60 Å². The van der Waals surface area contributed by atoms with E-state index in [2.05, 4.69) is 41.2 Å². The second kappa shape index (κ2) is 7.12. The Bertz CT molecular complexity index is 428. The van der Waals surface area contributed by atoms with Gasteiger partial charge >= 0.3 is 0 Å². The number of ether oxygens (including phenoxy) is 1. The first-order valence-electron chi connectivity index (χ1n) is 8.09. The van der Waals surface area contributed by atoms with Crippen LogP contribution < -0.4 is 5.32 Å². The maximum Gasteiger partial charge on any atom is 0.0701 e. The Morgan fingerprint density at radius 1 is 1.38 bits per heavy atom. The highest BCUT2D eigenvalue weighted by atomic mass is 32.2. The standard InChI is InChI=1S/C17H26N2OS/c1-18-16(12-14-2-7-19-8-3-14)15-4-9-20-17(13-15)5-10-21-11-6-17/h2-3,7-8,15-16,18H,4-6,9-13H2,1H3. The van der Waals surface area contributed by atoms with Crippen LogP contribution in [0, 0.1) is 5.92 Å². The number of pyridine rings is 1. The molecule has 1 aromatic heterocycles. The molecular formula is C17H26N2OS. The van der Waals surface area contributed by atoms with E-state index in [1.807, 2.05) is 12.4 Å². The lowest BCUT2D eigenvalue weighted by atomic mass is 9.77. The van der Waals surface area contributed by atoms with E-state index in [4.69, 9.17) is 4.74 Å². The average Bonchev–Trinajstić information content (AvgIpc) is 2.54. The Labute approximate surface area is 132 Å². The van der Waals surface area contributed by atoms with Crippen molar-refractivity contribution in [3.05, 3.63) is 30.1 Å². The first kappa shape index (κ1) is 15.3. The monoisotopic (exact) mass is 306 g/mol. The minimum Gasteiger partial charge on any atom is -0.375 e. The lowest BCUT2D eigenvalue weighted by Gasteiger charge is -2.45. The highest BCUT2D eigenvalue weighted by Gasteiger charge is 2.40. The van der Waals surface area contributed by atoms with Crippen molar-refractivity contribution >= 4 is 11.8 Å². The molecule has 0 bridgehead atoms. The van der Waals surface area contributed by atoms with Crippen LogP contribution in [0.25, 0.3) is 0 Å². The van der Waals surface area contributed by atoms with Crippen LogP contribution >= 0.6 is 11.8 Å². The van der Waals surface area contributed by atoms with Crippen molar-refractivity contribution in [2.45, 2.75) is 43.7 Å². The molecule has 2 aliphatic heterocycles. The molecule has 0 aliphatic carbocycles. The fourth-order valence-corrected chi connectivity index (χ4v) is 5.01. The molecule has 2 fully saturated rings. The van der Waals surface area contributed by atoms with Gasteiger partial charge in [0.2, 0.25) is 0 Å². The van der Waals surface area contributed by atoms with Gasteiger partial charge < -0.3 is 10.1 Å². The predicted molar refractivity (Wildman–Crippen MR) is 88.8 cm³/mol. The summed E-state index contributed by atoms with van der Waals surface area (Å²) in [5, 5.41) is 3.56. The SMILES string of the molecule is CNC(Cc1ccncc1)C1CCOC2(CCSCC2)C1. The Hall–Kier alpha value is -0.580. The lowest BCUT2D eigenvalue weighted by Crippen LogP contribution is -2.48. The van der Waals surface area contributed by atoms with Crippen molar-refractivity contribution in [2.75, 3.05) is 25.2 Å². The number of aromatic nitrogens is 1. The van der Waals surface area contributed by atoms with Crippen LogP contribution in [0.4, 0.5) is 0 Å². The number of hydrogen-bond donors (Lipinski definition) is 1. The van der Waals surface area contributed by atoms with Gasteiger partial charge in [-0.2, -0.15) is 11.8 Å². The molecule has 1 N–H and O–H groups in total. The molecule has 1 aromatic rings. The molecule has 0 amide bonds. The van der Waals surface area contributed by atoms with E-state index < -0.39 is 0 Å². The van der Waals surface area contributed by atoms with Crippen molar-refractivity contribution in [2.24, 2.45) is 5.92 Å². The van der Waals surface area contributed by atoms with Crippen molar-refractivity contribution in [3.8, 4) is 0 Å². The normalized spacial score (nSPS) is 26.6. The number of hydrogen-bond acceptors (Lipinski definition) is 4. The fourth-order valence-electron chi connectivity index (χ4n) is 3.78. The highest BCUT2D eigenvalue weighted by molar-refractivity contribution is 7.99. The maximum absolute atomic E-state index is 6.23. The summed E-state index contributed by atoms with van der Waals surface area (Å²) in [5.41, 5.74) is 1.56. The Kier molecular flexibility index (Phi) is 5.19. The molecule has 21 heavy (non-hydrogen) atoms. The molecule has 0 radical (unpaired) electrons. The van der Waals surface area contributed by atoms with E-state index in [-0.39, 0.29) is 5.60 Å². The quantitative estimate of drug-likeness (QED) is 0.927. The van der Waals surface area contributed by atoms with Crippen LogP contribution in [-0.4, -0.2) is 41.8 Å². The molecule has 2 unspecified atom stereocenters. The molecule has 2 atom stereocenters. The van der Waals surface area contributed by atoms with Crippen LogP contribution in [0.3, 0.4) is 0 Å². The molecule has 3 heterocycles. The molecule has 116 valence electrons. The van der Waals surface area contributed by atoms with Crippen LogP contribution in [-0.2, 0) is 11.2 Å². The van der Waals surface area contributed by atoms with Gasteiger partial charge in [0, 0.05) is 25.0 Å². The molecule has 3 nitrogen and oxygen atoms in total. The third-order valence-electron chi connectivity index (χ3n) is 5.08. The molecule has 1 spiro atoms. The third-order valence-corrected chi connectivity index (χ3v) is 6.07. The average molecular weight is 306 g/mol. The lowest BCUT2D eigenvalue weighted by molar-refractivity contribution is -0.107. The van der Waals surface area contributed by atoms with Crippen LogP contribution in [0.15, 0.2) is 24.5 Å². The highest BCUT2D eigenvalue weighted by Crippen LogP contribution is 2.41. The van der Waals surface area contributed by atoms with E-state index >= 15 is 0 Å². The fraction of sp³-hybridized carbons (Fsp3) is 0.706. The van der Waals surface area contributed by atoms with E-state index in [1.165, 1.54) is 42.8 Å². The smallest absolute Gasteiger partial charge is 0.0701 e. The van der Waals surface area contributed by atoms with Gasteiger partial charge in [-0.05, 0) is 74.3 Å². The van der Waals surface area contributed by atoms with Gasteiger partial charge in [-0.1, -0.05) is 0 Å². The van der Waals surface area contributed by atoms with Crippen LogP contribution in [0.1, 0.15) is 31.2 Å². The Morgan fingerprint density at radius 2 is 2.14 bits per heavy atom. The van der Waals surface area contributed by atoms with Crippen molar-refractivity contribution in [1.82, 2.24) is 10.3 Å². The number of thioether (sulfide) groups is 1. The minimum atomic E-state index is 0.182. The Morgan fingerprint density at radius 3 is 2.86 bits per heavy atom. The van der Waals surface area contributed by atoms with Gasteiger partial charge in [-0.15, -0.1) is 0 Å². The predicted octanol–water partition coefficient (Wildman–Crippen LogP) is 2.90. The van der Waals surface area contributed by atoms with Gasteiger partial charge in [0.1, 0.15) is 0 Å². The van der Waals surface area contributed by atoms with Gasteiger partial charge in [0.25, 0.3) is 0 Å². The molecular weight excluding hydrogens is 280 g/mol. The minimum absolute atomic E-state index is 0.182. The summed E-state index contributed by atoms with van der Waals surface area (Å²) in [7, 11) is 2.10. The van der Waals surface area contributed by atoms with E-state index in [0.29, 0.717) is 6.04 Å². The molecule has 0 aromatic carbocycles. The van der Waals surface area contributed by atoms with Crippen LogP contribution in [0.5, 0.6) is 0 Å². The first-order chi connectivity index (χ1) is 10.3. The zero-order chi connectivity index (χ0) is 14.5. The number of likely N-dealkylation sites (N-methyl/N-ethyl adjacent to an activating group) is 1. The third kappa shape index (κ3) is 3.79. The second-order valence-corrected chi connectivity index (χ2v) is 7.58. The number of nitrogens with one attached hydrogen (secondary N) is 1. The van der Waals surface area contributed by atoms with Gasteiger partial charge in [0.15, 0.2) is 0 Å². The summed E-state index contributed by atoms with van der Waals surface area (Å²) in [6.07, 6.45) is 9.77. The molecule has 3 rings (SSSR count). The van der Waals surface area contributed by atoms with E-state index in [1.54, 1.807) is 0 Å². The molecule has 0 saturated carbocycles. The van der Waals surface area contributed by atoms with E-state index in [9.17, 15) is 0 Å². The molecule has 2 aliphatic rings. The summed E-state index contributed by atoms with van der Waals surface area (Å²) in [6.45, 7) is 0.934. The van der Waals surface area contributed by atoms with Crippen molar-refractivity contribution < 1.29 is 4.74 Å². The van der Waals surface area contributed by atoms with Crippen molar-refractivity contribution in [3.63, 3.8) is 0 Å². The van der Waals surface area contributed by atoms with Gasteiger partial charge in [-0.25, -0.2) is 0 Å². The van der Waals surface area contributed by atoms with Crippen molar-refractivity contribution in [1.29, 1.82) is 0 Å². The van der Waals surface area contributed by atoms with Crippen LogP contribution in [0.2, 0.25) is 0 Å².